The molecule has 1 unspecified atom stereocenters. The Kier molecular flexibility index (Phi) is 5.91. The van der Waals surface area contributed by atoms with Gasteiger partial charge in [-0.1, -0.05) is 5.92 Å². The van der Waals surface area contributed by atoms with Crippen LogP contribution in [0.15, 0.2) is 0 Å². The molecular weight excluding hydrogens is 204 g/mol. The zero-order valence-electron chi connectivity index (χ0n) is 9.87. The molecule has 0 spiro atoms. The van der Waals surface area contributed by atoms with Gasteiger partial charge in [-0.15, -0.1) is 6.42 Å². The van der Waals surface area contributed by atoms with Crippen LogP contribution in [-0.4, -0.2) is 49.7 Å². The van der Waals surface area contributed by atoms with E-state index < -0.39 is 0 Å². The van der Waals surface area contributed by atoms with E-state index in [0.29, 0.717) is 26.2 Å². The Morgan fingerprint density at radius 3 is 3.19 bits per heavy atom. The number of carbonyl (C=O) groups excluding carboxylic acids is 1. The van der Waals surface area contributed by atoms with Crippen LogP contribution in [0.1, 0.15) is 19.8 Å². The molecular formula is C12H20N2O2. The molecule has 0 bridgehead atoms. The van der Waals surface area contributed by atoms with Gasteiger partial charge in [0.2, 0.25) is 5.91 Å². The minimum atomic E-state index is 0.111. The van der Waals surface area contributed by atoms with E-state index in [2.05, 4.69) is 11.2 Å². The Balaban J connectivity index is 2.29. The van der Waals surface area contributed by atoms with E-state index in [9.17, 15) is 4.79 Å². The number of carbonyl (C=O) groups is 1. The fourth-order valence-corrected chi connectivity index (χ4v) is 1.89. The third kappa shape index (κ3) is 4.21. The smallest absolute Gasteiger partial charge is 0.236 e. The average Bonchev–Trinajstić information content (AvgIpc) is 2.30. The van der Waals surface area contributed by atoms with Gasteiger partial charge in [0.15, 0.2) is 0 Å². The molecule has 90 valence electrons. The monoisotopic (exact) mass is 224 g/mol. The van der Waals surface area contributed by atoms with Crippen LogP contribution in [0.25, 0.3) is 0 Å². The number of hydrogen-bond acceptors (Lipinski definition) is 3. The van der Waals surface area contributed by atoms with Gasteiger partial charge >= 0.3 is 0 Å². The Morgan fingerprint density at radius 1 is 1.69 bits per heavy atom. The van der Waals surface area contributed by atoms with Gasteiger partial charge in [0, 0.05) is 19.7 Å². The minimum Gasteiger partial charge on any atom is -0.377 e. The van der Waals surface area contributed by atoms with E-state index in [1.54, 1.807) is 0 Å². The second kappa shape index (κ2) is 7.26. The molecule has 1 aliphatic rings. The van der Waals surface area contributed by atoms with Crippen molar-refractivity contribution < 1.29 is 9.53 Å². The topological polar surface area (TPSA) is 41.6 Å². The van der Waals surface area contributed by atoms with Gasteiger partial charge in [0.05, 0.1) is 19.2 Å². The molecule has 0 aromatic rings. The molecule has 4 nitrogen and oxygen atoms in total. The lowest BCUT2D eigenvalue weighted by Gasteiger charge is -2.32. The molecule has 0 aromatic heterocycles. The zero-order chi connectivity index (χ0) is 11.8. The predicted octanol–water partition coefficient (Wildman–Crippen LogP) is 0.237. The molecule has 0 aliphatic carbocycles. The first-order chi connectivity index (χ1) is 7.77. The van der Waals surface area contributed by atoms with Crippen molar-refractivity contribution in [2.24, 2.45) is 0 Å². The molecule has 4 heteroatoms. The quantitative estimate of drug-likeness (QED) is 0.537. The Morgan fingerprint density at radius 2 is 2.50 bits per heavy atom. The van der Waals surface area contributed by atoms with E-state index in [1.165, 1.54) is 0 Å². The van der Waals surface area contributed by atoms with Crippen LogP contribution in [0, 0.1) is 12.3 Å². The third-order valence-electron chi connectivity index (χ3n) is 2.64. The summed E-state index contributed by atoms with van der Waals surface area (Å²) in [7, 11) is 0. The normalized spacial score (nSPS) is 20.5. The molecule has 1 aliphatic heterocycles. The maximum atomic E-state index is 11.8. The maximum Gasteiger partial charge on any atom is 0.236 e. The van der Waals surface area contributed by atoms with Crippen LogP contribution in [0.4, 0.5) is 0 Å². The number of ether oxygens (including phenoxy) is 1. The summed E-state index contributed by atoms with van der Waals surface area (Å²) in [5, 5.41) is 2.91. The first-order valence-electron chi connectivity index (χ1n) is 5.81. The second-order valence-electron chi connectivity index (χ2n) is 3.87. The van der Waals surface area contributed by atoms with Crippen LogP contribution < -0.4 is 5.32 Å². The molecule has 1 rings (SSSR count). The van der Waals surface area contributed by atoms with E-state index in [0.717, 1.165) is 19.4 Å². The summed E-state index contributed by atoms with van der Waals surface area (Å²) in [6, 6.07) is 0. The number of nitrogens with one attached hydrogen (secondary N) is 1. The van der Waals surface area contributed by atoms with Crippen molar-refractivity contribution in [2.75, 3.05) is 32.8 Å². The molecule has 1 fully saturated rings. The highest BCUT2D eigenvalue weighted by Crippen LogP contribution is 2.12. The maximum absolute atomic E-state index is 11.8. The first kappa shape index (κ1) is 13.0. The molecule has 0 saturated carbocycles. The van der Waals surface area contributed by atoms with Crippen LogP contribution in [-0.2, 0) is 9.53 Å². The van der Waals surface area contributed by atoms with Crippen LogP contribution >= 0.6 is 0 Å². The summed E-state index contributed by atoms with van der Waals surface area (Å²) >= 11 is 0. The van der Waals surface area contributed by atoms with Crippen molar-refractivity contribution in [3.8, 4) is 12.3 Å². The molecule has 16 heavy (non-hydrogen) atoms. The zero-order valence-corrected chi connectivity index (χ0v) is 9.87. The fourth-order valence-electron chi connectivity index (χ4n) is 1.89. The van der Waals surface area contributed by atoms with Crippen molar-refractivity contribution in [1.82, 2.24) is 10.2 Å². The highest BCUT2D eigenvalue weighted by molar-refractivity contribution is 5.78. The number of piperidine rings is 1. The van der Waals surface area contributed by atoms with Crippen molar-refractivity contribution in [3.63, 3.8) is 0 Å². The lowest BCUT2D eigenvalue weighted by Crippen LogP contribution is -2.46. The highest BCUT2D eigenvalue weighted by atomic mass is 16.5. The molecule has 0 aromatic carbocycles. The van der Waals surface area contributed by atoms with Gasteiger partial charge in [0.1, 0.15) is 0 Å². The van der Waals surface area contributed by atoms with Crippen LogP contribution in [0.5, 0.6) is 0 Å². The summed E-state index contributed by atoms with van der Waals surface area (Å²) in [6.07, 6.45) is 7.37. The number of nitrogens with zero attached hydrogens (tertiary/aromatic N) is 1. The molecule has 0 radical (unpaired) electrons. The summed E-state index contributed by atoms with van der Waals surface area (Å²) in [5.41, 5.74) is 0. The number of amides is 1. The molecule has 1 amide bonds. The lowest BCUT2D eigenvalue weighted by molar-refractivity contribution is -0.134. The number of likely N-dealkylation sites (tertiary alicyclic amines) is 1. The number of terminal acetylenes is 1. The molecule has 1 atom stereocenters. The van der Waals surface area contributed by atoms with Gasteiger partial charge in [-0.25, -0.2) is 0 Å². The summed E-state index contributed by atoms with van der Waals surface area (Å²) in [5.74, 6) is 2.56. The molecule has 1 heterocycles. The van der Waals surface area contributed by atoms with Gasteiger partial charge in [0.25, 0.3) is 0 Å². The van der Waals surface area contributed by atoms with E-state index in [1.807, 2.05) is 11.8 Å². The second-order valence-corrected chi connectivity index (χ2v) is 3.87. The van der Waals surface area contributed by atoms with E-state index in [-0.39, 0.29) is 12.0 Å². The number of hydrogen-bond donors (Lipinski definition) is 1. The Hall–Kier alpha value is -1.05. The van der Waals surface area contributed by atoms with Gasteiger partial charge in [-0.3, -0.25) is 10.1 Å². The Labute approximate surface area is 97.3 Å². The third-order valence-corrected chi connectivity index (χ3v) is 2.64. The SMILES string of the molecule is C#CCNCC(=O)N1CCCC(OCC)C1. The first-order valence-corrected chi connectivity index (χ1v) is 5.81. The summed E-state index contributed by atoms with van der Waals surface area (Å²) in [6.45, 7) is 5.00. The van der Waals surface area contributed by atoms with Gasteiger partial charge < -0.3 is 9.64 Å². The van der Waals surface area contributed by atoms with Crippen molar-refractivity contribution in [2.45, 2.75) is 25.9 Å². The highest BCUT2D eigenvalue weighted by Gasteiger charge is 2.23. The van der Waals surface area contributed by atoms with Gasteiger partial charge in [-0.05, 0) is 19.8 Å². The van der Waals surface area contributed by atoms with E-state index >= 15 is 0 Å². The summed E-state index contributed by atoms with van der Waals surface area (Å²) in [4.78, 5) is 13.6. The van der Waals surface area contributed by atoms with Crippen molar-refractivity contribution >= 4 is 5.91 Å². The molecule has 1 saturated heterocycles. The predicted molar refractivity (Wildman–Crippen MR) is 62.9 cm³/mol. The van der Waals surface area contributed by atoms with Crippen LogP contribution in [0.2, 0.25) is 0 Å². The fraction of sp³-hybridized carbons (Fsp3) is 0.750. The standard InChI is InChI=1S/C12H20N2O2/c1-3-7-13-9-12(15)14-8-5-6-11(10-14)16-4-2/h1,11,13H,4-10H2,2H3. The minimum absolute atomic E-state index is 0.111. The van der Waals surface area contributed by atoms with Crippen molar-refractivity contribution in [1.29, 1.82) is 0 Å². The summed E-state index contributed by atoms with van der Waals surface area (Å²) < 4.78 is 5.54. The van der Waals surface area contributed by atoms with Gasteiger partial charge in [-0.2, -0.15) is 0 Å². The number of rotatable bonds is 5. The lowest BCUT2D eigenvalue weighted by atomic mass is 10.1. The Bertz CT molecular complexity index is 258. The average molecular weight is 224 g/mol. The van der Waals surface area contributed by atoms with Crippen molar-refractivity contribution in [3.05, 3.63) is 0 Å². The largest absolute Gasteiger partial charge is 0.377 e. The van der Waals surface area contributed by atoms with Crippen LogP contribution in [0.3, 0.4) is 0 Å². The molecule has 1 N–H and O–H groups in total. The van der Waals surface area contributed by atoms with E-state index in [4.69, 9.17) is 11.2 Å².